The average Bonchev–Trinajstić information content (AvgIpc) is 2.64. The lowest BCUT2D eigenvalue weighted by atomic mass is 9.85. The summed E-state index contributed by atoms with van der Waals surface area (Å²) >= 11 is 0. The van der Waals surface area contributed by atoms with E-state index < -0.39 is 11.9 Å². The van der Waals surface area contributed by atoms with Crippen LogP contribution in [0.15, 0.2) is 12.1 Å². The van der Waals surface area contributed by atoms with Crippen LogP contribution in [0, 0.1) is 25.6 Å². The summed E-state index contributed by atoms with van der Waals surface area (Å²) in [4.78, 5) is 11.2. The monoisotopic (exact) mass is 236 g/mol. The van der Waals surface area contributed by atoms with Gasteiger partial charge in [0.2, 0.25) is 0 Å². The fourth-order valence-corrected chi connectivity index (χ4v) is 3.00. The van der Waals surface area contributed by atoms with E-state index in [1.165, 1.54) is 6.07 Å². The maximum atomic E-state index is 14.0. The lowest BCUT2D eigenvalue weighted by molar-refractivity contribution is -0.142. The third-order valence-corrected chi connectivity index (χ3v) is 3.68. The molecule has 92 valence electrons. The highest BCUT2D eigenvalue weighted by Gasteiger charge is 2.36. The third-order valence-electron chi connectivity index (χ3n) is 3.68. The van der Waals surface area contributed by atoms with Crippen LogP contribution in [0.2, 0.25) is 0 Å². The second kappa shape index (κ2) is 4.47. The zero-order valence-corrected chi connectivity index (χ0v) is 10.2. The first-order valence-corrected chi connectivity index (χ1v) is 6.00. The van der Waals surface area contributed by atoms with Crippen molar-refractivity contribution in [2.45, 2.75) is 39.0 Å². The molecule has 1 saturated carbocycles. The van der Waals surface area contributed by atoms with Crippen LogP contribution in [0.5, 0.6) is 0 Å². The highest BCUT2D eigenvalue weighted by Crippen LogP contribution is 2.42. The maximum absolute atomic E-state index is 14.0. The standard InChI is InChI=1S/C14H17FO2/c1-8-6-9(2)13(12(15)7-8)10-4-3-5-11(10)14(16)17/h6-7,10-11H,3-5H2,1-2H3,(H,16,17). The molecule has 2 rings (SSSR count). The van der Waals surface area contributed by atoms with Crippen LogP contribution in [0.4, 0.5) is 4.39 Å². The number of hydrogen-bond acceptors (Lipinski definition) is 1. The van der Waals surface area contributed by atoms with Gasteiger partial charge in [0, 0.05) is 5.92 Å². The number of hydrogen-bond donors (Lipinski definition) is 1. The summed E-state index contributed by atoms with van der Waals surface area (Å²) in [5.41, 5.74) is 2.37. The molecule has 1 aromatic rings. The van der Waals surface area contributed by atoms with Gasteiger partial charge in [-0.2, -0.15) is 0 Å². The average molecular weight is 236 g/mol. The number of carboxylic acids is 1. The first kappa shape index (κ1) is 12.1. The normalized spacial score (nSPS) is 23.9. The number of carboxylic acid groups (broad SMARTS) is 1. The molecule has 0 heterocycles. The molecule has 0 bridgehead atoms. The number of halogens is 1. The first-order valence-electron chi connectivity index (χ1n) is 6.00. The van der Waals surface area contributed by atoms with Crippen molar-refractivity contribution in [3.8, 4) is 0 Å². The summed E-state index contributed by atoms with van der Waals surface area (Å²) in [7, 11) is 0. The van der Waals surface area contributed by atoms with Crippen molar-refractivity contribution in [2.24, 2.45) is 5.92 Å². The Morgan fingerprint density at radius 2 is 2.06 bits per heavy atom. The fourth-order valence-electron chi connectivity index (χ4n) is 3.00. The Kier molecular flexibility index (Phi) is 3.18. The molecule has 17 heavy (non-hydrogen) atoms. The number of carbonyl (C=O) groups is 1. The van der Waals surface area contributed by atoms with Crippen LogP contribution in [-0.2, 0) is 4.79 Å². The lowest BCUT2D eigenvalue weighted by Crippen LogP contribution is -2.18. The molecule has 3 heteroatoms. The Hall–Kier alpha value is -1.38. The quantitative estimate of drug-likeness (QED) is 0.854. The summed E-state index contributed by atoms with van der Waals surface area (Å²) < 4.78 is 14.0. The molecule has 0 aliphatic heterocycles. The van der Waals surface area contributed by atoms with Crippen LogP contribution in [0.1, 0.15) is 41.9 Å². The van der Waals surface area contributed by atoms with Crippen LogP contribution in [0.25, 0.3) is 0 Å². The molecular weight excluding hydrogens is 219 g/mol. The second-order valence-corrected chi connectivity index (χ2v) is 4.96. The Bertz CT molecular complexity index is 431. The van der Waals surface area contributed by atoms with E-state index >= 15 is 0 Å². The van der Waals surface area contributed by atoms with Gasteiger partial charge in [-0.3, -0.25) is 4.79 Å². The molecular formula is C14H17FO2. The van der Waals surface area contributed by atoms with Crippen molar-refractivity contribution < 1.29 is 14.3 Å². The number of rotatable bonds is 2. The minimum Gasteiger partial charge on any atom is -0.481 e. The summed E-state index contributed by atoms with van der Waals surface area (Å²) in [5.74, 6) is -1.63. The predicted molar refractivity (Wildman–Crippen MR) is 63.6 cm³/mol. The molecule has 1 aliphatic rings. The van der Waals surface area contributed by atoms with Gasteiger partial charge >= 0.3 is 5.97 Å². The van der Waals surface area contributed by atoms with E-state index in [1.54, 1.807) is 0 Å². The fraction of sp³-hybridized carbons (Fsp3) is 0.500. The Morgan fingerprint density at radius 3 is 2.65 bits per heavy atom. The molecule has 1 aromatic carbocycles. The predicted octanol–water partition coefficient (Wildman–Crippen LogP) is 3.41. The van der Waals surface area contributed by atoms with Gasteiger partial charge in [0.15, 0.2) is 0 Å². The van der Waals surface area contributed by atoms with Gasteiger partial charge in [0.05, 0.1) is 5.92 Å². The minimum absolute atomic E-state index is 0.159. The van der Waals surface area contributed by atoms with Crippen molar-refractivity contribution in [1.82, 2.24) is 0 Å². The van der Waals surface area contributed by atoms with E-state index in [1.807, 2.05) is 19.9 Å². The molecule has 1 aliphatic carbocycles. The Balaban J connectivity index is 2.43. The SMILES string of the molecule is Cc1cc(C)c(C2CCCC2C(=O)O)c(F)c1. The highest BCUT2D eigenvalue weighted by atomic mass is 19.1. The molecule has 2 atom stereocenters. The van der Waals surface area contributed by atoms with Crippen molar-refractivity contribution in [1.29, 1.82) is 0 Å². The van der Waals surface area contributed by atoms with Crippen molar-refractivity contribution in [2.75, 3.05) is 0 Å². The lowest BCUT2D eigenvalue weighted by Gasteiger charge is -2.19. The van der Waals surface area contributed by atoms with E-state index in [0.29, 0.717) is 12.0 Å². The summed E-state index contributed by atoms with van der Waals surface area (Å²) in [6.07, 6.45) is 2.30. The van der Waals surface area contributed by atoms with Gasteiger partial charge in [0.1, 0.15) is 5.82 Å². The highest BCUT2D eigenvalue weighted by molar-refractivity contribution is 5.72. The van der Waals surface area contributed by atoms with E-state index in [-0.39, 0.29) is 11.7 Å². The number of benzene rings is 1. The van der Waals surface area contributed by atoms with Crippen molar-refractivity contribution >= 4 is 5.97 Å². The molecule has 1 fully saturated rings. The second-order valence-electron chi connectivity index (χ2n) is 4.96. The molecule has 0 amide bonds. The smallest absolute Gasteiger partial charge is 0.307 e. The summed E-state index contributed by atoms with van der Waals surface area (Å²) in [6, 6.07) is 3.43. The molecule has 0 spiro atoms. The van der Waals surface area contributed by atoms with Crippen molar-refractivity contribution in [3.05, 3.63) is 34.6 Å². The number of aryl methyl sites for hydroxylation is 2. The largest absolute Gasteiger partial charge is 0.481 e. The van der Waals surface area contributed by atoms with Gasteiger partial charge in [-0.25, -0.2) is 4.39 Å². The van der Waals surface area contributed by atoms with Crippen LogP contribution >= 0.6 is 0 Å². The molecule has 0 radical (unpaired) electrons. The topological polar surface area (TPSA) is 37.3 Å². The molecule has 2 nitrogen and oxygen atoms in total. The minimum atomic E-state index is -0.799. The summed E-state index contributed by atoms with van der Waals surface area (Å²) in [5, 5.41) is 9.16. The Labute approximate surface area is 100 Å². The third kappa shape index (κ3) is 2.19. The first-order chi connectivity index (χ1) is 8.00. The molecule has 0 saturated heterocycles. The van der Waals surface area contributed by atoms with E-state index in [2.05, 4.69) is 0 Å². The Morgan fingerprint density at radius 1 is 1.35 bits per heavy atom. The molecule has 1 N–H and O–H groups in total. The number of aliphatic carboxylic acids is 1. The van der Waals surface area contributed by atoms with E-state index in [9.17, 15) is 9.18 Å². The van der Waals surface area contributed by atoms with E-state index in [4.69, 9.17) is 5.11 Å². The van der Waals surface area contributed by atoms with Crippen LogP contribution in [-0.4, -0.2) is 11.1 Å². The van der Waals surface area contributed by atoms with Gasteiger partial charge in [-0.15, -0.1) is 0 Å². The zero-order valence-electron chi connectivity index (χ0n) is 10.2. The van der Waals surface area contributed by atoms with Gasteiger partial charge in [0.25, 0.3) is 0 Å². The molecule has 0 aromatic heterocycles. The van der Waals surface area contributed by atoms with E-state index in [0.717, 1.165) is 24.0 Å². The van der Waals surface area contributed by atoms with Gasteiger partial charge < -0.3 is 5.11 Å². The zero-order chi connectivity index (χ0) is 12.6. The summed E-state index contributed by atoms with van der Waals surface area (Å²) in [6.45, 7) is 3.71. The molecule has 2 unspecified atom stereocenters. The van der Waals surface area contributed by atoms with Gasteiger partial charge in [-0.1, -0.05) is 12.5 Å². The van der Waals surface area contributed by atoms with Gasteiger partial charge in [-0.05, 0) is 49.4 Å². The van der Waals surface area contributed by atoms with Crippen LogP contribution < -0.4 is 0 Å². The van der Waals surface area contributed by atoms with Crippen LogP contribution in [0.3, 0.4) is 0 Å². The maximum Gasteiger partial charge on any atom is 0.307 e. The van der Waals surface area contributed by atoms with Crippen molar-refractivity contribution in [3.63, 3.8) is 0 Å².